The van der Waals surface area contributed by atoms with E-state index in [2.05, 4.69) is 20.8 Å². The number of halogens is 1. The van der Waals surface area contributed by atoms with E-state index >= 15 is 0 Å². The zero-order valence-corrected chi connectivity index (χ0v) is 26.0. The van der Waals surface area contributed by atoms with Crippen LogP contribution in [0.5, 0.6) is 0 Å². The average molecular weight is 526 g/mol. The van der Waals surface area contributed by atoms with Crippen LogP contribution < -0.4 is 6.15 Å². The van der Waals surface area contributed by atoms with Gasteiger partial charge in [-0.15, -0.1) is 12.4 Å². The molecule has 2 atom stereocenters. The Morgan fingerprint density at radius 3 is 1.09 bits per heavy atom. The first kappa shape index (κ1) is 38.9. The van der Waals surface area contributed by atoms with Gasteiger partial charge in [-0.05, 0) is 12.3 Å². The second-order valence-electron chi connectivity index (χ2n) is 9.84. The maximum absolute atomic E-state index is 5.80. The highest BCUT2D eigenvalue weighted by molar-refractivity contribution is 6.62. The minimum atomic E-state index is -2.54. The number of unbranched alkanes of at least 4 members (excludes halogenated alkanes) is 16. The Kier molecular flexibility index (Phi) is 31.9. The Hall–Kier alpha value is 0.347. The van der Waals surface area contributed by atoms with E-state index in [-0.39, 0.29) is 18.6 Å². The van der Waals surface area contributed by atoms with E-state index in [1.165, 1.54) is 122 Å². The van der Waals surface area contributed by atoms with Crippen LogP contribution in [-0.2, 0) is 13.3 Å². The first-order valence-corrected chi connectivity index (χ1v) is 16.1. The fourth-order valence-electron chi connectivity index (χ4n) is 5.40. The summed E-state index contributed by atoms with van der Waals surface area (Å²) >= 11 is 0. The highest BCUT2D eigenvalue weighted by Gasteiger charge is 2.49. The average Bonchev–Trinajstić information content (AvgIpc) is 2.82. The topological polar surface area (TPSA) is 62.7 Å². The molecule has 0 aliphatic carbocycles. The van der Waals surface area contributed by atoms with Gasteiger partial charge in [0.1, 0.15) is 0 Å². The summed E-state index contributed by atoms with van der Waals surface area (Å²) in [5.74, 6) is 0.642. The van der Waals surface area contributed by atoms with Crippen LogP contribution in [0.1, 0.15) is 149 Å². The van der Waals surface area contributed by atoms with Crippen molar-refractivity contribution in [2.75, 3.05) is 21.3 Å². The Bertz CT molecular complexity index is 378. The molecule has 34 heavy (non-hydrogen) atoms. The Morgan fingerprint density at radius 2 is 0.824 bits per heavy atom. The molecule has 0 heterocycles. The summed E-state index contributed by atoms with van der Waals surface area (Å²) in [6.07, 6.45) is 27.8. The summed E-state index contributed by atoms with van der Waals surface area (Å²) in [4.78, 5) is 0. The van der Waals surface area contributed by atoms with Crippen molar-refractivity contribution in [1.29, 1.82) is 0 Å². The van der Waals surface area contributed by atoms with Crippen LogP contribution in [0.25, 0.3) is 0 Å². The second kappa shape index (κ2) is 27.9. The van der Waals surface area contributed by atoms with Crippen molar-refractivity contribution < 1.29 is 13.3 Å². The smallest absolute Gasteiger partial charge is 0.377 e. The van der Waals surface area contributed by atoms with Crippen LogP contribution in [-0.4, -0.2) is 30.1 Å². The third kappa shape index (κ3) is 17.7. The van der Waals surface area contributed by atoms with Crippen molar-refractivity contribution in [1.82, 2.24) is 6.15 Å². The number of hydrogen-bond acceptors (Lipinski definition) is 4. The lowest BCUT2D eigenvalue weighted by molar-refractivity contribution is 0.0978. The van der Waals surface area contributed by atoms with E-state index in [4.69, 9.17) is 13.3 Å². The molecule has 0 saturated heterocycles. The summed E-state index contributed by atoms with van der Waals surface area (Å²) in [7, 11) is 2.72. The van der Waals surface area contributed by atoms with Gasteiger partial charge in [0.05, 0.1) is 0 Å². The van der Waals surface area contributed by atoms with Gasteiger partial charge in [-0.1, -0.05) is 143 Å². The lowest BCUT2D eigenvalue weighted by Crippen LogP contribution is -2.49. The number of rotatable bonds is 25. The van der Waals surface area contributed by atoms with Crippen LogP contribution in [0, 0.1) is 5.92 Å². The molecule has 0 fully saturated rings. The first-order chi connectivity index (χ1) is 15.7. The molecule has 0 aliphatic heterocycles. The van der Waals surface area contributed by atoms with Crippen molar-refractivity contribution in [2.24, 2.45) is 5.92 Å². The molecule has 210 valence electrons. The molecule has 0 saturated carbocycles. The summed E-state index contributed by atoms with van der Waals surface area (Å²) in [5.41, 5.74) is 0.411. The van der Waals surface area contributed by atoms with Crippen molar-refractivity contribution in [3.63, 3.8) is 0 Å². The van der Waals surface area contributed by atoms with E-state index < -0.39 is 8.80 Å². The van der Waals surface area contributed by atoms with Gasteiger partial charge in [-0.3, -0.25) is 0 Å². The molecule has 0 rings (SSSR count). The quantitative estimate of drug-likeness (QED) is 0.0950. The molecule has 0 bridgehead atoms. The lowest BCUT2D eigenvalue weighted by atomic mass is 9.93. The highest BCUT2D eigenvalue weighted by atomic mass is 35.5. The molecule has 0 aliphatic rings. The summed E-state index contributed by atoms with van der Waals surface area (Å²) in [6.45, 7) is 6.85. The molecule has 4 nitrogen and oxygen atoms in total. The fraction of sp³-hybridized carbons (Fsp3) is 1.00. The van der Waals surface area contributed by atoms with E-state index in [0.717, 1.165) is 6.42 Å². The van der Waals surface area contributed by atoms with Crippen molar-refractivity contribution >= 4 is 21.2 Å². The predicted molar refractivity (Wildman–Crippen MR) is 156 cm³/mol. The van der Waals surface area contributed by atoms with Gasteiger partial charge in [-0.25, -0.2) is 0 Å². The normalized spacial score (nSPS) is 13.2. The molecule has 3 N–H and O–H groups in total. The molecule has 0 aromatic carbocycles. The minimum Gasteiger partial charge on any atom is -0.377 e. The monoisotopic (exact) mass is 525 g/mol. The van der Waals surface area contributed by atoms with Crippen LogP contribution in [0.15, 0.2) is 0 Å². The summed E-state index contributed by atoms with van der Waals surface area (Å²) < 4.78 is 17.4. The molecular formula is C28H64ClNO3Si. The maximum Gasteiger partial charge on any atom is 0.503 e. The van der Waals surface area contributed by atoms with Gasteiger partial charge < -0.3 is 19.4 Å². The highest BCUT2D eigenvalue weighted by Crippen LogP contribution is 2.39. The molecule has 0 aromatic heterocycles. The van der Waals surface area contributed by atoms with Gasteiger partial charge in [0, 0.05) is 26.9 Å². The van der Waals surface area contributed by atoms with Crippen molar-refractivity contribution in [3.05, 3.63) is 0 Å². The van der Waals surface area contributed by atoms with Gasteiger partial charge in [0.2, 0.25) is 0 Å². The van der Waals surface area contributed by atoms with Crippen LogP contribution in [0.3, 0.4) is 0 Å². The van der Waals surface area contributed by atoms with Crippen molar-refractivity contribution in [2.45, 2.75) is 155 Å². The van der Waals surface area contributed by atoms with Crippen LogP contribution >= 0.6 is 12.4 Å². The lowest BCUT2D eigenvalue weighted by Gasteiger charge is -2.36. The maximum atomic E-state index is 5.80. The largest absolute Gasteiger partial charge is 0.503 e. The summed E-state index contributed by atoms with van der Waals surface area (Å²) in [5, 5.41) is 0. The van der Waals surface area contributed by atoms with Crippen LogP contribution in [0.2, 0.25) is 5.54 Å². The SMILES string of the molecule is CCCCCCCCCCCCCCCCCCCC(CC)C(CC)[Si](OC)(OC)OC.Cl.N. The molecule has 0 spiro atoms. The molecule has 6 heteroatoms. The zero-order chi connectivity index (χ0) is 23.9. The Balaban J connectivity index is -0.00000480. The van der Waals surface area contributed by atoms with Gasteiger partial charge >= 0.3 is 8.80 Å². The zero-order valence-electron chi connectivity index (χ0n) is 24.1. The van der Waals surface area contributed by atoms with E-state index in [0.29, 0.717) is 11.5 Å². The molecule has 0 amide bonds. The number of hydrogen-bond donors (Lipinski definition) is 1. The molecule has 0 aromatic rings. The Labute approximate surface area is 222 Å². The molecular weight excluding hydrogens is 462 g/mol. The molecule has 2 unspecified atom stereocenters. The van der Waals surface area contributed by atoms with Crippen molar-refractivity contribution in [3.8, 4) is 0 Å². The first-order valence-electron chi connectivity index (χ1n) is 14.3. The third-order valence-electron chi connectivity index (χ3n) is 7.52. The van der Waals surface area contributed by atoms with Gasteiger partial charge in [0.25, 0.3) is 0 Å². The van der Waals surface area contributed by atoms with E-state index in [1.54, 1.807) is 21.3 Å². The molecule has 0 radical (unpaired) electrons. The standard InChI is InChI=1S/C28H60O3Si.ClH.H3N/c1-7-10-11-12-13-14-15-16-17-18-19-20-21-22-23-24-25-26-27(8-2)28(9-3)32(29-4,30-5)31-6;;/h27-28H,7-26H2,1-6H3;1H;1H3. The minimum absolute atomic E-state index is 0. The van der Waals surface area contributed by atoms with Crippen LogP contribution in [0.4, 0.5) is 0 Å². The predicted octanol–water partition coefficient (Wildman–Crippen LogP) is 10.3. The summed E-state index contributed by atoms with van der Waals surface area (Å²) in [6, 6.07) is 0. The van der Waals surface area contributed by atoms with E-state index in [1.807, 2.05) is 0 Å². The second-order valence-corrected chi connectivity index (χ2v) is 13.0. The van der Waals surface area contributed by atoms with E-state index in [9.17, 15) is 0 Å². The third-order valence-corrected chi connectivity index (χ3v) is 11.0. The fourth-order valence-corrected chi connectivity index (χ4v) is 8.29. The van der Waals surface area contributed by atoms with Gasteiger partial charge in [0.15, 0.2) is 0 Å². The van der Waals surface area contributed by atoms with Gasteiger partial charge in [-0.2, -0.15) is 0 Å². The Morgan fingerprint density at radius 1 is 0.500 bits per heavy atom.